The van der Waals surface area contributed by atoms with Crippen molar-refractivity contribution in [3.8, 4) is 6.07 Å². The molecule has 0 aliphatic carbocycles. The van der Waals surface area contributed by atoms with Crippen molar-refractivity contribution in [3.63, 3.8) is 0 Å². The number of benzene rings is 1. The summed E-state index contributed by atoms with van der Waals surface area (Å²) in [5.41, 5.74) is 5.58. The minimum absolute atomic E-state index is 0.00895. The zero-order chi connectivity index (χ0) is 13.8. The molecule has 0 radical (unpaired) electrons. The third-order valence-corrected chi connectivity index (χ3v) is 2.19. The van der Waals surface area contributed by atoms with Crippen molar-refractivity contribution >= 4 is 17.3 Å². The molecule has 0 spiro atoms. The van der Waals surface area contributed by atoms with Crippen molar-refractivity contribution in [2.75, 3.05) is 11.1 Å². The molecule has 9 heteroatoms. The molecule has 4 N–H and O–H groups in total. The van der Waals surface area contributed by atoms with E-state index in [-0.39, 0.29) is 22.9 Å². The number of nitrogens with one attached hydrogen (secondary N) is 1. The maximum atomic E-state index is 13.1. The number of amidine groups is 1. The van der Waals surface area contributed by atoms with Crippen LogP contribution in [0.25, 0.3) is 0 Å². The maximum absolute atomic E-state index is 13.1. The van der Waals surface area contributed by atoms with E-state index in [4.69, 9.17) is 16.2 Å². The van der Waals surface area contributed by atoms with Crippen LogP contribution in [0, 0.1) is 17.1 Å². The maximum Gasteiger partial charge on any atom is 0.203 e. The Morgan fingerprint density at radius 1 is 1.53 bits per heavy atom. The van der Waals surface area contributed by atoms with E-state index in [1.54, 1.807) is 6.07 Å². The molecule has 2 rings (SSSR count). The van der Waals surface area contributed by atoms with Gasteiger partial charge < -0.3 is 16.3 Å². The van der Waals surface area contributed by atoms with Crippen LogP contribution in [0.2, 0.25) is 0 Å². The Morgan fingerprint density at radius 3 is 2.89 bits per heavy atom. The minimum atomic E-state index is -0.654. The van der Waals surface area contributed by atoms with Gasteiger partial charge in [0.1, 0.15) is 11.9 Å². The summed E-state index contributed by atoms with van der Waals surface area (Å²) >= 11 is 0. The molecule has 0 atom stereocenters. The first kappa shape index (κ1) is 12.3. The van der Waals surface area contributed by atoms with E-state index in [0.717, 1.165) is 6.07 Å². The highest BCUT2D eigenvalue weighted by Crippen LogP contribution is 2.16. The highest BCUT2D eigenvalue weighted by Gasteiger charge is 2.15. The Hall–Kier alpha value is -3.15. The molecule has 0 aliphatic rings. The molecule has 0 unspecified atom stereocenters. The molecule has 0 aliphatic heterocycles. The van der Waals surface area contributed by atoms with Crippen molar-refractivity contribution in [3.05, 3.63) is 35.3 Å². The lowest BCUT2D eigenvalue weighted by Gasteiger charge is -2.06. The van der Waals surface area contributed by atoms with Gasteiger partial charge in [0, 0.05) is 5.69 Å². The van der Waals surface area contributed by atoms with Gasteiger partial charge in [-0.2, -0.15) is 5.26 Å². The second-order valence-electron chi connectivity index (χ2n) is 3.38. The highest BCUT2D eigenvalue weighted by atomic mass is 19.1. The summed E-state index contributed by atoms with van der Waals surface area (Å²) in [5.74, 6) is -0.879. The van der Waals surface area contributed by atoms with Crippen LogP contribution in [0.4, 0.5) is 15.9 Å². The Labute approximate surface area is 105 Å². The zero-order valence-corrected chi connectivity index (χ0v) is 9.33. The third-order valence-electron chi connectivity index (χ3n) is 2.19. The van der Waals surface area contributed by atoms with E-state index in [1.165, 1.54) is 12.1 Å². The number of nitrogens with two attached hydrogens (primary N) is 1. The van der Waals surface area contributed by atoms with Gasteiger partial charge in [-0.1, -0.05) is 5.16 Å². The summed E-state index contributed by atoms with van der Waals surface area (Å²) in [4.78, 5) is 0. The average molecular weight is 262 g/mol. The first-order valence-electron chi connectivity index (χ1n) is 4.93. The molecule has 1 heterocycles. The Kier molecular flexibility index (Phi) is 3.24. The Morgan fingerprint density at radius 2 is 2.32 bits per heavy atom. The molecule has 1 aromatic heterocycles. The highest BCUT2D eigenvalue weighted by molar-refractivity contribution is 6.09. The molecule has 0 fully saturated rings. The molecule has 0 saturated heterocycles. The third kappa shape index (κ3) is 2.42. The van der Waals surface area contributed by atoms with E-state index in [0.29, 0.717) is 5.69 Å². The van der Waals surface area contributed by atoms with Crippen LogP contribution >= 0.6 is 0 Å². The van der Waals surface area contributed by atoms with Crippen molar-refractivity contribution in [2.24, 2.45) is 5.16 Å². The first-order chi connectivity index (χ1) is 9.15. The summed E-state index contributed by atoms with van der Waals surface area (Å²) in [5, 5.41) is 29.9. The van der Waals surface area contributed by atoms with Gasteiger partial charge in [0.05, 0.1) is 5.56 Å². The molecular formula is C10H7FN6O2. The molecular weight excluding hydrogens is 255 g/mol. The van der Waals surface area contributed by atoms with Crippen molar-refractivity contribution in [2.45, 2.75) is 0 Å². The number of anilines is 2. The van der Waals surface area contributed by atoms with E-state index >= 15 is 0 Å². The normalized spacial score (nSPS) is 11.1. The van der Waals surface area contributed by atoms with Gasteiger partial charge in [0.2, 0.25) is 5.84 Å². The number of rotatable bonds is 2. The van der Waals surface area contributed by atoms with Gasteiger partial charge in [-0.15, -0.1) is 0 Å². The standard InChI is InChI=1S/C10H7FN6O2/c11-7-2-1-6(3-5(7)4-12)14-10(15-18)8-9(13)17-19-16-8/h1-3,18H,(H2,13,17)(H,14,15). The van der Waals surface area contributed by atoms with Crippen LogP contribution in [0.5, 0.6) is 0 Å². The number of hydrogen-bond donors (Lipinski definition) is 3. The predicted molar refractivity (Wildman–Crippen MR) is 61.8 cm³/mol. The second-order valence-corrected chi connectivity index (χ2v) is 3.38. The SMILES string of the molecule is N#Cc1cc(N/C(=N\O)c2nonc2N)ccc1F. The topological polar surface area (TPSA) is 133 Å². The number of nitrogen functional groups attached to an aromatic ring is 1. The molecule has 8 nitrogen and oxygen atoms in total. The van der Waals surface area contributed by atoms with Crippen molar-refractivity contribution < 1.29 is 14.2 Å². The van der Waals surface area contributed by atoms with Gasteiger partial charge in [-0.25, -0.2) is 9.02 Å². The first-order valence-corrected chi connectivity index (χ1v) is 4.93. The fourth-order valence-corrected chi connectivity index (χ4v) is 1.32. The van der Waals surface area contributed by atoms with Crippen LogP contribution < -0.4 is 11.1 Å². The monoisotopic (exact) mass is 262 g/mol. The van der Waals surface area contributed by atoms with Crippen LogP contribution in [-0.4, -0.2) is 21.4 Å². The van der Waals surface area contributed by atoms with Crippen molar-refractivity contribution in [1.82, 2.24) is 10.3 Å². The van der Waals surface area contributed by atoms with Crippen LogP contribution in [0.3, 0.4) is 0 Å². The van der Waals surface area contributed by atoms with E-state index < -0.39 is 5.82 Å². The van der Waals surface area contributed by atoms with Crippen LogP contribution in [0.1, 0.15) is 11.3 Å². The Bertz CT molecular complexity index is 675. The zero-order valence-electron chi connectivity index (χ0n) is 9.33. The molecule has 1 aromatic carbocycles. The largest absolute Gasteiger partial charge is 0.409 e. The Balaban J connectivity index is 2.30. The van der Waals surface area contributed by atoms with Gasteiger partial charge in [-0.3, -0.25) is 0 Å². The number of oxime groups is 1. The fraction of sp³-hybridized carbons (Fsp3) is 0. The lowest BCUT2D eigenvalue weighted by Crippen LogP contribution is -2.16. The lowest BCUT2D eigenvalue weighted by molar-refractivity contribution is 0.305. The molecule has 19 heavy (non-hydrogen) atoms. The van der Waals surface area contributed by atoms with E-state index in [2.05, 4.69) is 25.4 Å². The molecule has 0 saturated carbocycles. The smallest absolute Gasteiger partial charge is 0.203 e. The van der Waals surface area contributed by atoms with Gasteiger partial charge >= 0.3 is 0 Å². The number of halogens is 1. The number of nitrogens with zero attached hydrogens (tertiary/aromatic N) is 4. The number of hydrogen-bond acceptors (Lipinski definition) is 7. The summed E-state index contributed by atoms with van der Waals surface area (Å²) in [6.45, 7) is 0. The molecule has 2 aromatic rings. The summed E-state index contributed by atoms with van der Waals surface area (Å²) in [6, 6.07) is 5.37. The van der Waals surface area contributed by atoms with Crippen molar-refractivity contribution in [1.29, 1.82) is 5.26 Å². The number of aromatic nitrogens is 2. The number of nitriles is 1. The summed E-state index contributed by atoms with van der Waals surface area (Å²) in [6.07, 6.45) is 0. The lowest BCUT2D eigenvalue weighted by atomic mass is 10.2. The fourth-order valence-electron chi connectivity index (χ4n) is 1.32. The quantitative estimate of drug-likeness (QED) is 0.317. The van der Waals surface area contributed by atoms with E-state index in [9.17, 15) is 4.39 Å². The van der Waals surface area contributed by atoms with Gasteiger partial charge in [0.25, 0.3) is 0 Å². The summed E-state index contributed by atoms with van der Waals surface area (Å²) < 4.78 is 17.5. The summed E-state index contributed by atoms with van der Waals surface area (Å²) in [7, 11) is 0. The van der Waals surface area contributed by atoms with Crippen LogP contribution in [-0.2, 0) is 0 Å². The molecule has 96 valence electrons. The van der Waals surface area contributed by atoms with Gasteiger partial charge in [0.15, 0.2) is 11.5 Å². The predicted octanol–water partition coefficient (Wildman–Crippen LogP) is 0.910. The molecule has 0 bridgehead atoms. The molecule has 0 amide bonds. The van der Waals surface area contributed by atoms with Crippen LogP contribution in [0.15, 0.2) is 28.0 Å². The minimum Gasteiger partial charge on any atom is -0.409 e. The second kappa shape index (κ2) is 5.01. The average Bonchev–Trinajstić information content (AvgIpc) is 2.84. The van der Waals surface area contributed by atoms with E-state index in [1.807, 2.05) is 0 Å². The van der Waals surface area contributed by atoms with Gasteiger partial charge in [-0.05, 0) is 28.5 Å².